The highest BCUT2D eigenvalue weighted by molar-refractivity contribution is 7.22. The van der Waals surface area contributed by atoms with E-state index in [1.54, 1.807) is 11.3 Å². The number of hydrogen-bond acceptors (Lipinski definition) is 4. The summed E-state index contributed by atoms with van der Waals surface area (Å²) in [6.07, 6.45) is 5.39. The third-order valence-corrected chi connectivity index (χ3v) is 4.38. The van der Waals surface area contributed by atoms with Gasteiger partial charge >= 0.3 is 0 Å². The van der Waals surface area contributed by atoms with Gasteiger partial charge in [-0.05, 0) is 38.8 Å². The average molecular weight is 276 g/mol. The van der Waals surface area contributed by atoms with E-state index < -0.39 is 0 Å². The second-order valence-electron chi connectivity index (χ2n) is 5.41. The first-order chi connectivity index (χ1) is 9.22. The second kappa shape index (κ2) is 5.37. The number of rotatable bonds is 4. The maximum atomic E-state index is 5.83. The Hall–Kier alpha value is -1.29. The molecule has 1 N–H and O–H groups in total. The van der Waals surface area contributed by atoms with Crippen molar-refractivity contribution in [3.63, 3.8) is 0 Å². The molecule has 4 heteroatoms. The van der Waals surface area contributed by atoms with Crippen LogP contribution in [0.3, 0.4) is 0 Å². The van der Waals surface area contributed by atoms with Crippen molar-refractivity contribution in [2.75, 3.05) is 5.32 Å². The lowest BCUT2D eigenvalue weighted by Crippen LogP contribution is -2.13. The molecular weight excluding hydrogens is 256 g/mol. The highest BCUT2D eigenvalue weighted by Gasteiger charge is 2.17. The molecule has 0 amide bonds. The molecule has 0 spiro atoms. The summed E-state index contributed by atoms with van der Waals surface area (Å²) in [6.45, 7) is 4.09. The Balaban J connectivity index is 1.86. The Morgan fingerprint density at radius 3 is 2.84 bits per heavy atom. The molecule has 0 atom stereocenters. The van der Waals surface area contributed by atoms with Gasteiger partial charge in [-0.1, -0.05) is 30.2 Å². The van der Waals surface area contributed by atoms with Gasteiger partial charge in [-0.25, -0.2) is 4.98 Å². The predicted molar refractivity (Wildman–Crippen MR) is 81.3 cm³/mol. The quantitative estimate of drug-likeness (QED) is 0.896. The van der Waals surface area contributed by atoms with Crippen LogP contribution in [0.25, 0.3) is 10.2 Å². The lowest BCUT2D eigenvalue weighted by molar-refractivity contribution is 0.245. The number of fused-ring (bicyclic) bond motifs is 1. The third-order valence-electron chi connectivity index (χ3n) is 3.43. The van der Waals surface area contributed by atoms with E-state index in [9.17, 15) is 0 Å². The molecule has 1 aliphatic carbocycles. The van der Waals surface area contributed by atoms with Crippen molar-refractivity contribution in [3.05, 3.63) is 18.2 Å². The van der Waals surface area contributed by atoms with E-state index >= 15 is 0 Å². The molecule has 1 heterocycles. The van der Waals surface area contributed by atoms with Crippen molar-refractivity contribution in [1.29, 1.82) is 0 Å². The van der Waals surface area contributed by atoms with Crippen molar-refractivity contribution < 1.29 is 4.74 Å². The number of nitrogens with zero attached hydrogens (tertiary/aromatic N) is 1. The van der Waals surface area contributed by atoms with Gasteiger partial charge in [0.15, 0.2) is 5.13 Å². The number of para-hydroxylation sites is 1. The van der Waals surface area contributed by atoms with Crippen LogP contribution in [-0.2, 0) is 0 Å². The van der Waals surface area contributed by atoms with Gasteiger partial charge in [0.2, 0.25) is 0 Å². The van der Waals surface area contributed by atoms with Crippen LogP contribution in [0.4, 0.5) is 5.13 Å². The average Bonchev–Trinajstić information content (AvgIpc) is 2.98. The first-order valence-electron chi connectivity index (χ1n) is 7.05. The third kappa shape index (κ3) is 2.84. The molecule has 1 aliphatic rings. The predicted octanol–water partition coefficient (Wildman–Crippen LogP) is 4.44. The van der Waals surface area contributed by atoms with Crippen LogP contribution in [-0.4, -0.2) is 17.1 Å². The molecule has 0 saturated heterocycles. The van der Waals surface area contributed by atoms with E-state index in [2.05, 4.69) is 11.4 Å². The van der Waals surface area contributed by atoms with Gasteiger partial charge in [-0.15, -0.1) is 0 Å². The fourth-order valence-electron chi connectivity index (χ4n) is 2.58. The smallest absolute Gasteiger partial charge is 0.184 e. The summed E-state index contributed by atoms with van der Waals surface area (Å²) in [5.74, 6) is 0.892. The number of thiazole rings is 1. The van der Waals surface area contributed by atoms with Crippen LogP contribution < -0.4 is 10.1 Å². The summed E-state index contributed by atoms with van der Waals surface area (Å²) < 4.78 is 7.02. The zero-order valence-corrected chi connectivity index (χ0v) is 12.3. The lowest BCUT2D eigenvalue weighted by Gasteiger charge is -2.10. The zero-order chi connectivity index (χ0) is 13.2. The van der Waals surface area contributed by atoms with Gasteiger partial charge in [0, 0.05) is 6.04 Å². The number of nitrogens with one attached hydrogen (secondary N) is 1. The molecule has 19 heavy (non-hydrogen) atoms. The van der Waals surface area contributed by atoms with Crippen LogP contribution in [0.1, 0.15) is 39.5 Å². The van der Waals surface area contributed by atoms with E-state index in [-0.39, 0.29) is 6.10 Å². The normalized spacial score (nSPS) is 16.4. The minimum Gasteiger partial charge on any atom is -0.489 e. The summed E-state index contributed by atoms with van der Waals surface area (Å²) in [6, 6.07) is 6.76. The number of anilines is 1. The number of ether oxygens (including phenoxy) is 1. The van der Waals surface area contributed by atoms with Crippen LogP contribution >= 0.6 is 11.3 Å². The van der Waals surface area contributed by atoms with E-state index in [0.717, 1.165) is 16.4 Å². The lowest BCUT2D eigenvalue weighted by atomic mass is 10.3. The summed E-state index contributed by atoms with van der Waals surface area (Å²) in [5.41, 5.74) is 0.988. The standard InChI is InChI=1S/C15H20N2OS/c1-10(2)18-12-8-5-9-13-14(12)17-15(19-13)16-11-6-3-4-7-11/h5,8-11H,3-4,6-7H2,1-2H3,(H,16,17). The van der Waals surface area contributed by atoms with Crippen molar-refractivity contribution in [1.82, 2.24) is 4.98 Å². The SMILES string of the molecule is CC(C)Oc1cccc2sc(NC3CCCC3)nc12. The molecule has 0 radical (unpaired) electrons. The number of benzene rings is 1. The van der Waals surface area contributed by atoms with Gasteiger partial charge in [0.25, 0.3) is 0 Å². The molecule has 3 nitrogen and oxygen atoms in total. The maximum absolute atomic E-state index is 5.83. The van der Waals surface area contributed by atoms with Crippen LogP contribution in [0, 0.1) is 0 Å². The molecule has 1 aromatic heterocycles. The van der Waals surface area contributed by atoms with Crippen molar-refractivity contribution >= 4 is 26.7 Å². The van der Waals surface area contributed by atoms with E-state index in [1.807, 2.05) is 26.0 Å². The van der Waals surface area contributed by atoms with Crippen LogP contribution in [0.2, 0.25) is 0 Å². The highest BCUT2D eigenvalue weighted by atomic mass is 32.1. The topological polar surface area (TPSA) is 34.1 Å². The summed E-state index contributed by atoms with van der Waals surface area (Å²) in [4.78, 5) is 4.71. The fraction of sp³-hybridized carbons (Fsp3) is 0.533. The first kappa shape index (κ1) is 12.7. The van der Waals surface area contributed by atoms with Gasteiger partial charge in [-0.2, -0.15) is 0 Å². The Labute approximate surface area is 118 Å². The number of hydrogen-bond donors (Lipinski definition) is 1. The molecule has 2 aromatic rings. The highest BCUT2D eigenvalue weighted by Crippen LogP contribution is 2.34. The van der Waals surface area contributed by atoms with Crippen molar-refractivity contribution in [3.8, 4) is 5.75 Å². The summed E-state index contributed by atoms with van der Waals surface area (Å²) >= 11 is 1.72. The molecule has 1 fully saturated rings. The molecule has 0 unspecified atom stereocenters. The Bertz CT molecular complexity index is 558. The molecule has 102 valence electrons. The molecule has 3 rings (SSSR count). The van der Waals surface area contributed by atoms with Gasteiger partial charge in [-0.3, -0.25) is 0 Å². The van der Waals surface area contributed by atoms with Gasteiger partial charge in [0.05, 0.1) is 10.8 Å². The molecular formula is C15H20N2OS. The fourth-order valence-corrected chi connectivity index (χ4v) is 3.54. The summed E-state index contributed by atoms with van der Waals surface area (Å²) in [5, 5.41) is 4.59. The van der Waals surface area contributed by atoms with Gasteiger partial charge < -0.3 is 10.1 Å². The molecule has 0 aliphatic heterocycles. The zero-order valence-electron chi connectivity index (χ0n) is 11.5. The summed E-state index contributed by atoms with van der Waals surface area (Å²) in [7, 11) is 0. The number of aromatic nitrogens is 1. The first-order valence-corrected chi connectivity index (χ1v) is 7.87. The molecule has 0 bridgehead atoms. The largest absolute Gasteiger partial charge is 0.489 e. The maximum Gasteiger partial charge on any atom is 0.184 e. The van der Waals surface area contributed by atoms with E-state index in [1.165, 1.54) is 30.4 Å². The Morgan fingerprint density at radius 2 is 2.11 bits per heavy atom. The van der Waals surface area contributed by atoms with E-state index in [4.69, 9.17) is 9.72 Å². The minimum atomic E-state index is 0.179. The Morgan fingerprint density at radius 1 is 1.32 bits per heavy atom. The van der Waals surface area contributed by atoms with Crippen LogP contribution in [0.15, 0.2) is 18.2 Å². The molecule has 1 saturated carbocycles. The van der Waals surface area contributed by atoms with E-state index in [0.29, 0.717) is 6.04 Å². The van der Waals surface area contributed by atoms with Crippen molar-refractivity contribution in [2.24, 2.45) is 0 Å². The van der Waals surface area contributed by atoms with Crippen LogP contribution in [0.5, 0.6) is 5.75 Å². The van der Waals surface area contributed by atoms with Gasteiger partial charge in [0.1, 0.15) is 11.3 Å². The monoisotopic (exact) mass is 276 g/mol. The molecule has 1 aromatic carbocycles. The van der Waals surface area contributed by atoms with Crippen molar-refractivity contribution in [2.45, 2.75) is 51.7 Å². The Kier molecular flexibility index (Phi) is 3.60. The minimum absolute atomic E-state index is 0.179. The second-order valence-corrected chi connectivity index (χ2v) is 6.44.